The first-order valence-corrected chi connectivity index (χ1v) is 26.7. The Hall–Kier alpha value is -5.01. The van der Waals surface area contributed by atoms with Crippen molar-refractivity contribution in [1.82, 2.24) is 25.0 Å². The van der Waals surface area contributed by atoms with E-state index in [1.54, 1.807) is 47.8 Å². The van der Waals surface area contributed by atoms with Crippen molar-refractivity contribution in [2.75, 3.05) is 72.0 Å². The number of benzene rings is 2. The first-order valence-electron chi connectivity index (χ1n) is 26.7. The van der Waals surface area contributed by atoms with Gasteiger partial charge in [0, 0.05) is 90.6 Å². The number of methoxy groups -OCH3 is 2. The van der Waals surface area contributed by atoms with Crippen LogP contribution in [-0.4, -0.2) is 178 Å². The number of aliphatic hydroxyl groups is 4. The van der Waals surface area contributed by atoms with E-state index in [0.717, 1.165) is 27.7 Å². The number of anilines is 1. The molecule has 6 N–H and O–H groups in total. The van der Waals surface area contributed by atoms with Gasteiger partial charge in [-0.3, -0.25) is 24.3 Å². The number of rotatable bonds is 10. The molecule has 2 bridgehead atoms. The van der Waals surface area contributed by atoms with Gasteiger partial charge in [-0.15, -0.1) is 0 Å². The maximum atomic E-state index is 15.5. The zero-order chi connectivity index (χ0) is 53.1. The molecular formula is C57H78N6O11. The van der Waals surface area contributed by atoms with E-state index in [2.05, 4.69) is 32.2 Å². The Balaban J connectivity index is 1.09. The molecule has 6 aliphatic heterocycles. The summed E-state index contributed by atoms with van der Waals surface area (Å²) in [5.74, 6) is -0.947. The molecule has 402 valence electrons. The number of aromatic amines is 1. The van der Waals surface area contributed by atoms with Crippen molar-refractivity contribution in [2.24, 2.45) is 11.3 Å². The van der Waals surface area contributed by atoms with Gasteiger partial charge < -0.3 is 54.6 Å². The number of hydrogen-bond acceptors (Lipinski definition) is 14. The van der Waals surface area contributed by atoms with Gasteiger partial charge >= 0.3 is 12.1 Å². The molecule has 4 unspecified atom stereocenters. The van der Waals surface area contributed by atoms with Crippen LogP contribution in [0.5, 0.6) is 5.75 Å². The highest BCUT2D eigenvalue weighted by atomic mass is 16.6. The molecule has 2 amide bonds. The Morgan fingerprint density at radius 1 is 1.03 bits per heavy atom. The zero-order valence-electron chi connectivity index (χ0n) is 44.9. The normalized spacial score (nSPS) is 35.5. The molecule has 2 aromatic carbocycles. The molecule has 1 aliphatic carbocycles. The summed E-state index contributed by atoms with van der Waals surface area (Å²) in [6.07, 6.45) is 6.62. The van der Waals surface area contributed by atoms with Crippen molar-refractivity contribution >= 4 is 34.6 Å². The van der Waals surface area contributed by atoms with Crippen LogP contribution in [0.25, 0.3) is 10.9 Å². The number of likely N-dealkylation sites (N-methyl/N-ethyl adjacent to an activating group) is 1. The number of ether oxygens (including phenoxy) is 4. The quantitative estimate of drug-likeness (QED) is 0.121. The summed E-state index contributed by atoms with van der Waals surface area (Å²) in [4.78, 5) is 56.0. The average molecular weight is 1020 g/mol. The first-order chi connectivity index (χ1) is 35.0. The lowest BCUT2D eigenvalue weighted by Crippen LogP contribution is -2.81. The number of para-hydroxylation sites is 1. The van der Waals surface area contributed by atoms with Crippen molar-refractivity contribution in [2.45, 2.75) is 151 Å². The summed E-state index contributed by atoms with van der Waals surface area (Å²) in [6.45, 7) is 15.9. The largest absolute Gasteiger partial charge is 0.496 e. The van der Waals surface area contributed by atoms with Crippen molar-refractivity contribution < 1.29 is 53.8 Å². The molecule has 10 rings (SSSR count). The van der Waals surface area contributed by atoms with Gasteiger partial charge in [0.2, 0.25) is 0 Å². The highest BCUT2D eigenvalue weighted by Crippen LogP contribution is 2.67. The zero-order valence-corrected chi connectivity index (χ0v) is 44.9. The van der Waals surface area contributed by atoms with E-state index in [4.69, 9.17) is 18.9 Å². The van der Waals surface area contributed by atoms with E-state index >= 15 is 9.59 Å². The maximum Gasteiger partial charge on any atom is 0.413 e. The number of aliphatic hydroxyl groups excluding tert-OH is 2. The topological polar surface area (TPSA) is 210 Å². The number of amides is 2. The molecule has 1 spiro atoms. The fraction of sp³-hybridized carbons (Fsp3) is 0.632. The SMILES string of the molecule is CC[C@]1(O)CC2CN(CCc3c([nH]c4ccccc34)[C@@](C(=O)OC)(c3cc4c(cc3OC)N(C)C3C45CCN4CC=C[C@](CC)([C@H]45)[C@@H](O)[C@@]3(O)C(=O)NC/C=C/[C@@H](O)[C@H]3COC(C)(C)N3C(=O)OC(C)(C)C)C2)C1. The van der Waals surface area contributed by atoms with Crippen LogP contribution in [0.4, 0.5) is 10.5 Å². The van der Waals surface area contributed by atoms with Gasteiger partial charge in [-0.05, 0) is 109 Å². The minimum atomic E-state index is -2.41. The predicted molar refractivity (Wildman–Crippen MR) is 279 cm³/mol. The highest BCUT2D eigenvalue weighted by Gasteiger charge is 2.78. The molecular weight excluding hydrogens is 945 g/mol. The molecule has 17 nitrogen and oxygen atoms in total. The fourth-order valence-corrected chi connectivity index (χ4v) is 15.4. The number of piperidine rings is 1. The van der Waals surface area contributed by atoms with Gasteiger partial charge in [-0.1, -0.05) is 56.4 Å². The summed E-state index contributed by atoms with van der Waals surface area (Å²) in [7, 11) is 4.87. The standard InChI is InChI=1S/C57H78N6O11/c1-11-53(69)29-34-30-56(49(67)72-10,44-36(20-25-61(31-34)33-53)35-17-13-14-18-39(35)59-44)38-27-37-40(28-43(38)71-9)60(8)46-55(37)22-26-62-24-16-21-54(12-2,45(55)62)47(65)57(46,70)48(66)58-23-15-19-42(64)41-32-73-52(6,7)63(41)50(68)74-51(3,4)5/h13-19,21,27-28,34,41-42,45-47,59,64-65,69-70H,11-12,20,22-26,29-33H2,1-10H3,(H,58,66)/b19-15+/t34?,41-,42-,45+,46?,47-,53+,54-,55?,56+,57-/m1/s1. The lowest BCUT2D eigenvalue weighted by molar-refractivity contribution is -0.203. The number of aromatic nitrogens is 1. The van der Waals surface area contributed by atoms with E-state index in [9.17, 15) is 25.2 Å². The summed E-state index contributed by atoms with van der Waals surface area (Å²) >= 11 is 0. The minimum absolute atomic E-state index is 0.0507. The number of carbonyl (C=O) groups is 3. The lowest BCUT2D eigenvalue weighted by Gasteiger charge is -2.63. The van der Waals surface area contributed by atoms with Gasteiger partial charge in [0.15, 0.2) is 5.60 Å². The third kappa shape index (κ3) is 7.67. The Morgan fingerprint density at radius 3 is 2.49 bits per heavy atom. The van der Waals surface area contributed by atoms with E-state index in [-0.39, 0.29) is 25.1 Å². The lowest BCUT2D eigenvalue weighted by atomic mass is 9.47. The first kappa shape index (κ1) is 52.4. The van der Waals surface area contributed by atoms with Crippen LogP contribution < -0.4 is 15.0 Å². The summed E-state index contributed by atoms with van der Waals surface area (Å²) < 4.78 is 24.0. The van der Waals surface area contributed by atoms with Gasteiger partial charge in [0.05, 0.1) is 44.6 Å². The number of hydrogen-bond donors (Lipinski definition) is 6. The molecule has 74 heavy (non-hydrogen) atoms. The fourth-order valence-electron chi connectivity index (χ4n) is 15.4. The third-order valence-corrected chi connectivity index (χ3v) is 18.4. The molecule has 7 heterocycles. The summed E-state index contributed by atoms with van der Waals surface area (Å²) in [5.41, 5.74) is -3.98. The number of nitrogens with one attached hydrogen (secondary N) is 2. The van der Waals surface area contributed by atoms with E-state index < -0.39 is 81.0 Å². The summed E-state index contributed by atoms with van der Waals surface area (Å²) in [5, 5.41) is 54.2. The smallest absolute Gasteiger partial charge is 0.413 e. The number of fused-ring (bicyclic) bond motifs is 6. The molecule has 12 atom stereocenters. The molecule has 1 saturated carbocycles. The van der Waals surface area contributed by atoms with Gasteiger partial charge in [-0.2, -0.15) is 0 Å². The average Bonchev–Trinajstić information content (AvgIpc) is 4.11. The Morgan fingerprint density at radius 2 is 1.78 bits per heavy atom. The molecule has 0 radical (unpaired) electrons. The molecule has 3 saturated heterocycles. The summed E-state index contributed by atoms with van der Waals surface area (Å²) in [6, 6.07) is 9.99. The van der Waals surface area contributed by atoms with Crippen LogP contribution >= 0.6 is 0 Å². The highest BCUT2D eigenvalue weighted by molar-refractivity contribution is 5.95. The van der Waals surface area contributed by atoms with Crippen LogP contribution in [0, 0.1) is 11.3 Å². The van der Waals surface area contributed by atoms with Crippen LogP contribution in [-0.2, 0) is 41.1 Å². The van der Waals surface area contributed by atoms with Crippen LogP contribution in [0.2, 0.25) is 0 Å². The van der Waals surface area contributed by atoms with Crippen molar-refractivity contribution in [3.05, 3.63) is 83.1 Å². The second-order valence-corrected chi connectivity index (χ2v) is 23.9. The second-order valence-electron chi connectivity index (χ2n) is 23.9. The number of H-pyrrole nitrogens is 1. The minimum Gasteiger partial charge on any atom is -0.496 e. The van der Waals surface area contributed by atoms with Crippen molar-refractivity contribution in [1.29, 1.82) is 0 Å². The van der Waals surface area contributed by atoms with Gasteiger partial charge in [0.1, 0.15) is 28.6 Å². The van der Waals surface area contributed by atoms with E-state index in [0.29, 0.717) is 88.2 Å². The van der Waals surface area contributed by atoms with Gasteiger partial charge in [-0.25, -0.2) is 4.79 Å². The Labute approximate surface area is 434 Å². The molecule has 7 aliphatic rings. The predicted octanol–water partition coefficient (Wildman–Crippen LogP) is 4.65. The van der Waals surface area contributed by atoms with Crippen molar-refractivity contribution in [3.8, 4) is 5.75 Å². The number of nitrogens with zero attached hydrogens (tertiary/aromatic N) is 4. The molecule has 3 aromatic rings. The number of carbonyl (C=O) groups excluding carboxylic acids is 3. The van der Waals surface area contributed by atoms with E-state index in [1.165, 1.54) is 18.1 Å². The monoisotopic (exact) mass is 1020 g/mol. The number of esters is 1. The second kappa shape index (κ2) is 18.3. The maximum absolute atomic E-state index is 15.5. The molecule has 17 heteroatoms. The van der Waals surface area contributed by atoms with Crippen molar-refractivity contribution in [3.63, 3.8) is 0 Å². The van der Waals surface area contributed by atoms with Crippen LogP contribution in [0.1, 0.15) is 103 Å². The van der Waals surface area contributed by atoms with Crippen LogP contribution in [0.3, 0.4) is 0 Å². The van der Waals surface area contributed by atoms with Gasteiger partial charge in [0.25, 0.3) is 5.91 Å². The molecule has 4 fully saturated rings. The third-order valence-electron chi connectivity index (χ3n) is 18.4. The van der Waals surface area contributed by atoms with E-state index in [1.807, 2.05) is 62.2 Å². The Bertz CT molecular complexity index is 2770. The Kier molecular flexibility index (Phi) is 13.0. The molecule has 1 aromatic heterocycles. The van der Waals surface area contributed by atoms with Crippen LogP contribution in [0.15, 0.2) is 60.7 Å².